The number of hydrogen-bond acceptors (Lipinski definition) is 5. The molecule has 1 aromatic heterocycles. The summed E-state index contributed by atoms with van der Waals surface area (Å²) in [7, 11) is 1.63. The molecule has 2 heterocycles. The molecule has 3 aromatic rings. The van der Waals surface area contributed by atoms with E-state index in [1.165, 1.54) is 11.3 Å². The van der Waals surface area contributed by atoms with E-state index in [9.17, 15) is 9.59 Å². The number of halogens is 1. The van der Waals surface area contributed by atoms with Crippen molar-refractivity contribution in [3.05, 3.63) is 64.0 Å². The van der Waals surface area contributed by atoms with Gasteiger partial charge in [0.1, 0.15) is 5.75 Å². The number of aryl methyl sites for hydroxylation is 1. The van der Waals surface area contributed by atoms with E-state index in [2.05, 4.69) is 10.3 Å². The lowest BCUT2D eigenvalue weighted by molar-refractivity contribution is -0.121. The van der Waals surface area contributed by atoms with E-state index >= 15 is 0 Å². The minimum atomic E-state index is -0.270. The van der Waals surface area contributed by atoms with Gasteiger partial charge in [0.2, 0.25) is 5.91 Å². The minimum absolute atomic E-state index is 0.0777. The van der Waals surface area contributed by atoms with Crippen molar-refractivity contribution < 1.29 is 14.3 Å². The Balaban J connectivity index is 1.42. The maximum absolute atomic E-state index is 12.9. The molecule has 1 unspecified atom stereocenters. The average molecular weight is 470 g/mol. The Morgan fingerprint density at radius 2 is 1.88 bits per heavy atom. The Morgan fingerprint density at radius 1 is 1.16 bits per heavy atom. The quantitative estimate of drug-likeness (QED) is 0.552. The van der Waals surface area contributed by atoms with Gasteiger partial charge in [0.05, 0.1) is 18.7 Å². The van der Waals surface area contributed by atoms with Crippen molar-refractivity contribution >= 4 is 39.9 Å². The molecule has 2 aromatic carbocycles. The summed E-state index contributed by atoms with van der Waals surface area (Å²) in [6.07, 6.45) is 1.53. The number of likely N-dealkylation sites (tertiary alicyclic amines) is 1. The number of aromatic nitrogens is 1. The van der Waals surface area contributed by atoms with Crippen LogP contribution in [-0.4, -0.2) is 41.9 Å². The number of hydrogen-bond donors (Lipinski definition) is 1. The van der Waals surface area contributed by atoms with Crippen molar-refractivity contribution in [1.29, 1.82) is 0 Å². The monoisotopic (exact) mass is 469 g/mol. The Labute approximate surface area is 196 Å². The van der Waals surface area contributed by atoms with Gasteiger partial charge in [-0.05, 0) is 68.3 Å². The molecule has 0 saturated carbocycles. The van der Waals surface area contributed by atoms with E-state index in [0.29, 0.717) is 28.8 Å². The maximum Gasteiger partial charge on any atom is 0.253 e. The lowest BCUT2D eigenvalue weighted by Crippen LogP contribution is -2.43. The molecule has 1 aliphatic rings. The Bertz CT molecular complexity index is 1110. The molecule has 1 atom stereocenters. The van der Waals surface area contributed by atoms with E-state index in [1.807, 2.05) is 31.2 Å². The zero-order valence-electron chi connectivity index (χ0n) is 17.9. The number of thiazole rings is 1. The van der Waals surface area contributed by atoms with Gasteiger partial charge in [-0.1, -0.05) is 11.6 Å². The van der Waals surface area contributed by atoms with Crippen molar-refractivity contribution in [2.45, 2.75) is 19.8 Å². The number of piperidine rings is 1. The van der Waals surface area contributed by atoms with Gasteiger partial charge in [-0.2, -0.15) is 0 Å². The number of methoxy groups -OCH3 is 1. The fourth-order valence-electron chi connectivity index (χ4n) is 3.82. The third-order valence-corrected chi connectivity index (χ3v) is 6.70. The molecule has 1 fully saturated rings. The van der Waals surface area contributed by atoms with Crippen LogP contribution in [0.4, 0.5) is 5.13 Å². The number of rotatable bonds is 5. The van der Waals surface area contributed by atoms with Crippen molar-refractivity contribution in [1.82, 2.24) is 9.88 Å². The number of nitrogens with zero attached hydrogens (tertiary/aromatic N) is 2. The Kier molecular flexibility index (Phi) is 6.77. The second-order valence-corrected chi connectivity index (χ2v) is 9.38. The molecule has 166 valence electrons. The summed E-state index contributed by atoms with van der Waals surface area (Å²) in [6.45, 7) is 3.02. The first-order valence-corrected chi connectivity index (χ1v) is 11.6. The predicted molar refractivity (Wildman–Crippen MR) is 128 cm³/mol. The fourth-order valence-corrected chi connectivity index (χ4v) is 4.79. The number of amides is 2. The highest BCUT2D eigenvalue weighted by molar-refractivity contribution is 7.16. The van der Waals surface area contributed by atoms with Crippen LogP contribution in [0.25, 0.3) is 11.3 Å². The van der Waals surface area contributed by atoms with Crippen LogP contribution < -0.4 is 10.1 Å². The van der Waals surface area contributed by atoms with Crippen molar-refractivity contribution in [3.63, 3.8) is 0 Å². The van der Waals surface area contributed by atoms with E-state index in [4.69, 9.17) is 16.3 Å². The summed E-state index contributed by atoms with van der Waals surface area (Å²) in [5, 5.41) is 4.12. The van der Waals surface area contributed by atoms with E-state index in [-0.39, 0.29) is 17.7 Å². The third kappa shape index (κ3) is 4.95. The predicted octanol–water partition coefficient (Wildman–Crippen LogP) is 5.27. The third-order valence-electron chi connectivity index (χ3n) is 5.56. The van der Waals surface area contributed by atoms with Gasteiger partial charge in [-0.25, -0.2) is 4.98 Å². The highest BCUT2D eigenvalue weighted by Crippen LogP contribution is 2.32. The summed E-state index contributed by atoms with van der Waals surface area (Å²) in [6, 6.07) is 14.5. The van der Waals surface area contributed by atoms with Crippen LogP contribution in [0.2, 0.25) is 5.02 Å². The molecule has 0 bridgehead atoms. The van der Waals surface area contributed by atoms with Crippen LogP contribution >= 0.6 is 22.9 Å². The number of anilines is 1. The van der Waals surface area contributed by atoms with E-state index in [0.717, 1.165) is 34.7 Å². The second-order valence-electron chi connectivity index (χ2n) is 7.74. The molecule has 4 rings (SSSR count). The molecule has 32 heavy (non-hydrogen) atoms. The van der Waals surface area contributed by atoms with E-state index < -0.39 is 0 Å². The van der Waals surface area contributed by atoms with Crippen LogP contribution in [0.3, 0.4) is 0 Å². The van der Waals surface area contributed by atoms with Gasteiger partial charge in [-0.15, -0.1) is 11.3 Å². The molecule has 6 nitrogen and oxygen atoms in total. The summed E-state index contributed by atoms with van der Waals surface area (Å²) >= 11 is 7.37. The van der Waals surface area contributed by atoms with Crippen molar-refractivity contribution in [3.8, 4) is 17.0 Å². The SMILES string of the molecule is COc1ccc(-c2nc(NC(=O)C3CCCN(C(=O)c4ccc(Cl)cc4)C3)sc2C)cc1. The first-order chi connectivity index (χ1) is 15.4. The normalized spacial score (nSPS) is 16.0. The van der Waals surface area contributed by atoms with E-state index in [1.54, 1.807) is 36.3 Å². The molecule has 0 radical (unpaired) electrons. The lowest BCUT2D eigenvalue weighted by atomic mass is 9.96. The number of carbonyl (C=O) groups excluding carboxylic acids is 2. The first-order valence-electron chi connectivity index (χ1n) is 10.4. The standard InChI is InChI=1S/C24H24ClN3O3S/c1-15-21(16-7-11-20(31-2)12-8-16)26-24(32-15)27-22(29)18-4-3-13-28(14-18)23(30)17-5-9-19(25)10-6-17/h5-12,18H,3-4,13-14H2,1-2H3,(H,26,27,29). The second kappa shape index (κ2) is 9.71. The van der Waals surface area contributed by atoms with Gasteiger partial charge in [0, 0.05) is 34.1 Å². The molecule has 8 heteroatoms. The maximum atomic E-state index is 12.9. The van der Waals surface area contributed by atoms with Crippen LogP contribution in [0.15, 0.2) is 48.5 Å². The smallest absolute Gasteiger partial charge is 0.253 e. The van der Waals surface area contributed by atoms with Gasteiger partial charge in [0.15, 0.2) is 5.13 Å². The van der Waals surface area contributed by atoms with Crippen molar-refractivity contribution in [2.24, 2.45) is 5.92 Å². The molecular formula is C24H24ClN3O3S. The number of nitrogens with one attached hydrogen (secondary N) is 1. The summed E-state index contributed by atoms with van der Waals surface area (Å²) < 4.78 is 5.21. The van der Waals surface area contributed by atoms with Crippen LogP contribution in [0, 0.1) is 12.8 Å². The van der Waals surface area contributed by atoms with Crippen LogP contribution in [0.5, 0.6) is 5.75 Å². The Hall–Kier alpha value is -2.90. The molecular weight excluding hydrogens is 446 g/mol. The topological polar surface area (TPSA) is 71.5 Å². The molecule has 1 aliphatic heterocycles. The van der Waals surface area contributed by atoms with Crippen LogP contribution in [-0.2, 0) is 4.79 Å². The number of carbonyl (C=O) groups is 2. The molecule has 0 aliphatic carbocycles. The molecule has 2 amide bonds. The zero-order chi connectivity index (χ0) is 22.7. The van der Waals surface area contributed by atoms with Gasteiger partial charge < -0.3 is 15.0 Å². The van der Waals surface area contributed by atoms with Gasteiger partial charge in [0.25, 0.3) is 5.91 Å². The highest BCUT2D eigenvalue weighted by Gasteiger charge is 2.29. The zero-order valence-corrected chi connectivity index (χ0v) is 19.5. The summed E-state index contributed by atoms with van der Waals surface area (Å²) in [5.74, 6) is 0.332. The largest absolute Gasteiger partial charge is 0.497 e. The average Bonchev–Trinajstić information content (AvgIpc) is 3.19. The summed E-state index contributed by atoms with van der Waals surface area (Å²) in [4.78, 5) is 33.2. The number of benzene rings is 2. The van der Waals surface area contributed by atoms with Gasteiger partial charge >= 0.3 is 0 Å². The minimum Gasteiger partial charge on any atom is -0.497 e. The lowest BCUT2D eigenvalue weighted by Gasteiger charge is -2.32. The fraction of sp³-hybridized carbons (Fsp3) is 0.292. The number of ether oxygens (including phenoxy) is 1. The highest BCUT2D eigenvalue weighted by atomic mass is 35.5. The molecule has 1 saturated heterocycles. The van der Waals surface area contributed by atoms with Crippen LogP contribution in [0.1, 0.15) is 28.1 Å². The molecule has 1 N–H and O–H groups in total. The Morgan fingerprint density at radius 3 is 2.56 bits per heavy atom. The molecule has 0 spiro atoms. The van der Waals surface area contributed by atoms with Crippen molar-refractivity contribution in [2.75, 3.05) is 25.5 Å². The first kappa shape index (κ1) is 22.3. The van der Waals surface area contributed by atoms with Gasteiger partial charge in [-0.3, -0.25) is 9.59 Å². The summed E-state index contributed by atoms with van der Waals surface area (Å²) in [5.41, 5.74) is 2.39.